The van der Waals surface area contributed by atoms with Gasteiger partial charge in [0.15, 0.2) is 23.3 Å². The molecule has 8 heteroatoms. The quantitative estimate of drug-likeness (QED) is 0.333. The highest BCUT2D eigenvalue weighted by molar-refractivity contribution is 5.84. The fourth-order valence-electron chi connectivity index (χ4n) is 3.16. The summed E-state index contributed by atoms with van der Waals surface area (Å²) in [6.07, 6.45) is 1.97. The molecule has 1 aromatic carbocycles. The van der Waals surface area contributed by atoms with Crippen LogP contribution in [0, 0.1) is 34.1 Å². The Morgan fingerprint density at radius 3 is 1.89 bits per heavy atom. The van der Waals surface area contributed by atoms with E-state index in [4.69, 9.17) is 4.74 Å². The summed E-state index contributed by atoms with van der Waals surface area (Å²) in [5.41, 5.74) is -2.87. The maximum Gasteiger partial charge on any atom is 0.316 e. The number of hydrogen-bond acceptors (Lipinski definition) is 4. The van der Waals surface area contributed by atoms with Crippen molar-refractivity contribution in [1.82, 2.24) is 0 Å². The predicted molar refractivity (Wildman–Crippen MR) is 88.5 cm³/mol. The second kappa shape index (κ2) is 7.59. The fraction of sp³-hybridized carbons (Fsp3) is 0.526. The molecule has 4 nitrogen and oxygen atoms in total. The van der Waals surface area contributed by atoms with Crippen LogP contribution in [0.1, 0.15) is 38.3 Å². The van der Waals surface area contributed by atoms with E-state index in [0.29, 0.717) is 12.0 Å². The van der Waals surface area contributed by atoms with Crippen molar-refractivity contribution in [1.29, 1.82) is 0 Å². The van der Waals surface area contributed by atoms with Crippen LogP contribution in [-0.2, 0) is 27.5 Å². The zero-order valence-corrected chi connectivity index (χ0v) is 15.6. The number of carbonyl (C=O) groups is 1. The molecule has 0 radical (unpaired) electrons. The van der Waals surface area contributed by atoms with E-state index in [-0.39, 0.29) is 6.61 Å². The van der Waals surface area contributed by atoms with Crippen LogP contribution in [0.15, 0.2) is 11.6 Å². The molecule has 1 saturated carbocycles. The molecule has 150 valence electrons. The van der Waals surface area contributed by atoms with E-state index in [9.17, 15) is 27.5 Å². The number of methoxy groups -OCH3 is 1. The minimum Gasteiger partial charge on any atom is -0.460 e. The van der Waals surface area contributed by atoms with Crippen LogP contribution >= 0.6 is 0 Å². The highest BCUT2D eigenvalue weighted by atomic mass is 19.2. The largest absolute Gasteiger partial charge is 0.460 e. The van der Waals surface area contributed by atoms with Gasteiger partial charge in [-0.3, -0.25) is 4.79 Å². The van der Waals surface area contributed by atoms with E-state index in [1.807, 2.05) is 0 Å². The maximum absolute atomic E-state index is 14.1. The summed E-state index contributed by atoms with van der Waals surface area (Å²) >= 11 is 0. The van der Waals surface area contributed by atoms with Gasteiger partial charge in [0.25, 0.3) is 0 Å². The Bertz CT molecular complexity index is 759. The van der Waals surface area contributed by atoms with Crippen LogP contribution in [0.4, 0.5) is 17.6 Å². The van der Waals surface area contributed by atoms with E-state index in [1.54, 1.807) is 26.8 Å². The highest BCUT2D eigenvalue weighted by Crippen LogP contribution is 2.65. The number of esters is 1. The Hall–Kier alpha value is -1.93. The van der Waals surface area contributed by atoms with Gasteiger partial charge >= 0.3 is 5.97 Å². The van der Waals surface area contributed by atoms with Crippen molar-refractivity contribution in [2.45, 2.75) is 40.4 Å². The van der Waals surface area contributed by atoms with E-state index in [0.717, 1.165) is 7.11 Å². The second-order valence-corrected chi connectivity index (χ2v) is 7.40. The van der Waals surface area contributed by atoms with Gasteiger partial charge in [-0.15, -0.1) is 0 Å². The zero-order chi connectivity index (χ0) is 20.6. The molecule has 0 amide bonds. The normalized spacial score (nSPS) is 21.3. The topological polar surface area (TPSA) is 55.8 Å². The summed E-state index contributed by atoms with van der Waals surface area (Å²) in [5, 5.41) is 9.18. The lowest BCUT2D eigenvalue weighted by atomic mass is 9.93. The maximum atomic E-state index is 14.1. The van der Waals surface area contributed by atoms with Gasteiger partial charge in [-0.2, -0.15) is 0 Å². The van der Waals surface area contributed by atoms with Crippen molar-refractivity contribution in [3.8, 4) is 0 Å². The number of aliphatic hydroxyl groups excluding tert-OH is 1. The van der Waals surface area contributed by atoms with Crippen molar-refractivity contribution in [2.24, 2.45) is 10.8 Å². The Labute approximate surface area is 154 Å². The van der Waals surface area contributed by atoms with Gasteiger partial charge in [-0.1, -0.05) is 25.5 Å². The molecule has 1 N–H and O–H groups in total. The van der Waals surface area contributed by atoms with Gasteiger partial charge in [0, 0.05) is 7.11 Å². The molecular formula is C19H22F4O4. The van der Waals surface area contributed by atoms with Crippen molar-refractivity contribution < 1.29 is 36.9 Å². The van der Waals surface area contributed by atoms with Crippen LogP contribution < -0.4 is 0 Å². The average Bonchev–Trinajstić information content (AvgIpc) is 3.18. The molecule has 0 spiro atoms. The summed E-state index contributed by atoms with van der Waals surface area (Å²) < 4.78 is 65.7. The van der Waals surface area contributed by atoms with E-state index in [1.165, 1.54) is 0 Å². The SMILES string of the molecule is COCc1c(F)c(F)c(COC(=O)C2(/C=C(\C)CO)CC2(C)C)c(F)c1F. The molecule has 1 atom stereocenters. The van der Waals surface area contributed by atoms with E-state index < -0.39 is 64.4 Å². The lowest BCUT2D eigenvalue weighted by Gasteiger charge is -2.18. The smallest absolute Gasteiger partial charge is 0.316 e. The molecule has 0 saturated heterocycles. The molecule has 0 heterocycles. The van der Waals surface area contributed by atoms with Crippen LogP contribution in [-0.4, -0.2) is 24.8 Å². The molecule has 1 fully saturated rings. The summed E-state index contributed by atoms with van der Waals surface area (Å²) in [4.78, 5) is 12.5. The Kier molecular flexibility index (Phi) is 6.01. The lowest BCUT2D eigenvalue weighted by Crippen LogP contribution is -2.23. The third-order valence-corrected chi connectivity index (χ3v) is 4.99. The van der Waals surface area contributed by atoms with Crippen molar-refractivity contribution in [3.05, 3.63) is 46.0 Å². The molecule has 0 aliphatic heterocycles. The van der Waals surface area contributed by atoms with E-state index >= 15 is 0 Å². The number of aliphatic hydroxyl groups is 1. The number of benzene rings is 1. The first kappa shape index (κ1) is 21.4. The molecule has 1 aliphatic carbocycles. The lowest BCUT2D eigenvalue weighted by molar-refractivity contribution is -0.151. The fourth-order valence-corrected chi connectivity index (χ4v) is 3.16. The minimum absolute atomic E-state index is 0.258. The first-order valence-corrected chi connectivity index (χ1v) is 8.31. The molecule has 0 bridgehead atoms. The van der Waals surface area contributed by atoms with Crippen LogP contribution in [0.2, 0.25) is 0 Å². The summed E-state index contributed by atoms with van der Waals surface area (Å²) in [6, 6.07) is 0. The van der Waals surface area contributed by atoms with E-state index in [2.05, 4.69) is 4.74 Å². The molecule has 27 heavy (non-hydrogen) atoms. The molecule has 1 aromatic rings. The standard InChI is InChI=1S/C19H22F4O4/c1-10(6-24)5-19(9-18(19,2)3)17(25)27-8-12-15(22)13(20)11(7-26-4)14(21)16(12)23/h5,24H,6-9H2,1-4H3/b10-5+. The van der Waals surface area contributed by atoms with Crippen LogP contribution in [0.5, 0.6) is 0 Å². The molecular weight excluding hydrogens is 368 g/mol. The van der Waals surface area contributed by atoms with Crippen LogP contribution in [0.25, 0.3) is 0 Å². The summed E-state index contributed by atoms with van der Waals surface area (Å²) in [7, 11) is 1.13. The number of ether oxygens (including phenoxy) is 2. The van der Waals surface area contributed by atoms with Crippen molar-refractivity contribution in [2.75, 3.05) is 13.7 Å². The monoisotopic (exact) mass is 390 g/mol. The summed E-state index contributed by atoms with van der Waals surface area (Å²) in [5.74, 6) is -7.20. The van der Waals surface area contributed by atoms with Gasteiger partial charge in [0.2, 0.25) is 0 Å². The molecule has 1 aliphatic rings. The number of hydrogen-bond donors (Lipinski definition) is 1. The van der Waals surface area contributed by atoms with Crippen molar-refractivity contribution in [3.63, 3.8) is 0 Å². The molecule has 1 unspecified atom stereocenters. The number of halogens is 4. The third kappa shape index (κ3) is 3.73. The summed E-state index contributed by atoms with van der Waals surface area (Å²) in [6.45, 7) is 3.37. The van der Waals surface area contributed by atoms with Gasteiger partial charge in [0.05, 0.1) is 29.8 Å². The average molecular weight is 390 g/mol. The number of carbonyl (C=O) groups excluding carboxylic acids is 1. The Balaban J connectivity index is 2.28. The van der Waals surface area contributed by atoms with Gasteiger partial charge in [0.1, 0.15) is 6.61 Å². The van der Waals surface area contributed by atoms with Gasteiger partial charge in [-0.25, -0.2) is 17.6 Å². The van der Waals surface area contributed by atoms with Crippen molar-refractivity contribution >= 4 is 5.97 Å². The Morgan fingerprint density at radius 1 is 1.07 bits per heavy atom. The molecule has 2 rings (SSSR count). The third-order valence-electron chi connectivity index (χ3n) is 4.99. The number of rotatable bonds is 7. The van der Waals surface area contributed by atoms with Crippen LogP contribution in [0.3, 0.4) is 0 Å². The minimum atomic E-state index is -1.63. The first-order valence-electron chi connectivity index (χ1n) is 8.31. The zero-order valence-electron chi connectivity index (χ0n) is 15.6. The highest BCUT2D eigenvalue weighted by Gasteiger charge is 2.66. The van der Waals surface area contributed by atoms with Gasteiger partial charge < -0.3 is 14.6 Å². The van der Waals surface area contributed by atoms with Gasteiger partial charge in [-0.05, 0) is 18.8 Å². The predicted octanol–water partition coefficient (Wildman–Crippen LogP) is 3.79. The first-order chi connectivity index (χ1) is 12.5. The molecule has 0 aromatic heterocycles. The second-order valence-electron chi connectivity index (χ2n) is 7.40. The Morgan fingerprint density at radius 2 is 1.52 bits per heavy atom.